The third-order valence-corrected chi connectivity index (χ3v) is 5.44. The SMILES string of the molecule is CCCCCCCCCCc1ccc(-c2ccc(CCCC)cc2F)cc1. The maximum absolute atomic E-state index is 14.5. The van der Waals surface area contributed by atoms with Gasteiger partial charge in [-0.25, -0.2) is 4.39 Å². The van der Waals surface area contributed by atoms with Crippen molar-refractivity contribution in [1.29, 1.82) is 0 Å². The predicted molar refractivity (Wildman–Crippen MR) is 117 cm³/mol. The predicted octanol–water partition coefficient (Wildman–Crippen LogP) is 8.52. The summed E-state index contributed by atoms with van der Waals surface area (Å²) >= 11 is 0. The highest BCUT2D eigenvalue weighted by molar-refractivity contribution is 5.64. The first-order valence-corrected chi connectivity index (χ1v) is 11.1. The number of aryl methyl sites for hydroxylation is 2. The van der Waals surface area contributed by atoms with Crippen LogP contribution in [-0.2, 0) is 12.8 Å². The summed E-state index contributed by atoms with van der Waals surface area (Å²) in [5.74, 6) is -0.0978. The van der Waals surface area contributed by atoms with Crippen molar-refractivity contribution in [3.63, 3.8) is 0 Å². The fraction of sp³-hybridized carbons (Fsp3) is 0.538. The van der Waals surface area contributed by atoms with Gasteiger partial charge in [0.05, 0.1) is 0 Å². The molecule has 0 fully saturated rings. The summed E-state index contributed by atoms with van der Waals surface area (Å²) in [5.41, 5.74) is 4.16. The Morgan fingerprint density at radius 2 is 1.15 bits per heavy atom. The lowest BCUT2D eigenvalue weighted by molar-refractivity contribution is 0.575. The van der Waals surface area contributed by atoms with Crippen molar-refractivity contribution in [1.82, 2.24) is 0 Å². The van der Waals surface area contributed by atoms with E-state index in [9.17, 15) is 4.39 Å². The first-order chi connectivity index (χ1) is 13.2. The van der Waals surface area contributed by atoms with Gasteiger partial charge in [0.1, 0.15) is 5.82 Å². The van der Waals surface area contributed by atoms with Gasteiger partial charge in [-0.15, -0.1) is 0 Å². The number of hydrogen-bond acceptors (Lipinski definition) is 0. The second kappa shape index (κ2) is 12.7. The van der Waals surface area contributed by atoms with E-state index >= 15 is 0 Å². The molecule has 0 N–H and O–H groups in total. The summed E-state index contributed by atoms with van der Waals surface area (Å²) in [5, 5.41) is 0. The molecule has 0 aliphatic carbocycles. The van der Waals surface area contributed by atoms with Crippen molar-refractivity contribution in [2.75, 3.05) is 0 Å². The summed E-state index contributed by atoms with van der Waals surface area (Å²) in [7, 11) is 0. The van der Waals surface area contributed by atoms with E-state index in [0.29, 0.717) is 5.56 Å². The summed E-state index contributed by atoms with van der Waals surface area (Å²) < 4.78 is 14.5. The van der Waals surface area contributed by atoms with E-state index in [4.69, 9.17) is 0 Å². The molecule has 0 saturated carbocycles. The highest BCUT2D eigenvalue weighted by Gasteiger charge is 2.06. The summed E-state index contributed by atoms with van der Waals surface area (Å²) in [6, 6.07) is 14.2. The van der Waals surface area contributed by atoms with E-state index in [1.165, 1.54) is 56.9 Å². The Labute approximate surface area is 166 Å². The minimum absolute atomic E-state index is 0.0978. The van der Waals surface area contributed by atoms with Crippen LogP contribution in [0.4, 0.5) is 4.39 Å². The molecule has 148 valence electrons. The number of unbranched alkanes of at least 4 members (excludes halogenated alkanes) is 8. The van der Waals surface area contributed by atoms with Crippen LogP contribution in [0.15, 0.2) is 42.5 Å². The first kappa shape index (κ1) is 21.7. The average molecular weight is 369 g/mol. The van der Waals surface area contributed by atoms with Crippen LogP contribution in [-0.4, -0.2) is 0 Å². The molecule has 1 heteroatoms. The van der Waals surface area contributed by atoms with Gasteiger partial charge in [-0.1, -0.05) is 102 Å². The van der Waals surface area contributed by atoms with E-state index in [-0.39, 0.29) is 5.82 Å². The second-order valence-electron chi connectivity index (χ2n) is 7.84. The van der Waals surface area contributed by atoms with E-state index in [2.05, 4.69) is 44.2 Å². The maximum atomic E-state index is 14.5. The van der Waals surface area contributed by atoms with E-state index in [0.717, 1.165) is 36.8 Å². The van der Waals surface area contributed by atoms with Crippen LogP contribution in [0.5, 0.6) is 0 Å². The molecule has 0 atom stereocenters. The summed E-state index contributed by atoms with van der Waals surface area (Å²) in [6.07, 6.45) is 15.2. The van der Waals surface area contributed by atoms with E-state index in [1.54, 1.807) is 6.07 Å². The minimum Gasteiger partial charge on any atom is -0.206 e. The zero-order valence-corrected chi connectivity index (χ0v) is 17.4. The first-order valence-electron chi connectivity index (χ1n) is 11.1. The highest BCUT2D eigenvalue weighted by atomic mass is 19.1. The van der Waals surface area contributed by atoms with Crippen molar-refractivity contribution < 1.29 is 4.39 Å². The number of benzene rings is 2. The van der Waals surface area contributed by atoms with Gasteiger partial charge in [-0.05, 0) is 48.4 Å². The molecular weight excluding hydrogens is 331 g/mol. The van der Waals surface area contributed by atoms with Gasteiger partial charge in [-0.2, -0.15) is 0 Å². The number of halogens is 1. The molecular formula is C26H37F. The van der Waals surface area contributed by atoms with E-state index < -0.39 is 0 Å². The van der Waals surface area contributed by atoms with Crippen LogP contribution in [0.1, 0.15) is 89.2 Å². The lowest BCUT2D eigenvalue weighted by Crippen LogP contribution is -1.91. The molecule has 27 heavy (non-hydrogen) atoms. The zero-order valence-electron chi connectivity index (χ0n) is 17.4. The van der Waals surface area contributed by atoms with Gasteiger partial charge >= 0.3 is 0 Å². The lowest BCUT2D eigenvalue weighted by Gasteiger charge is -2.08. The van der Waals surface area contributed by atoms with Gasteiger partial charge in [0.25, 0.3) is 0 Å². The molecule has 0 bridgehead atoms. The Bertz CT molecular complexity index is 642. The van der Waals surface area contributed by atoms with Crippen molar-refractivity contribution in [2.24, 2.45) is 0 Å². The topological polar surface area (TPSA) is 0 Å². The average Bonchev–Trinajstić information content (AvgIpc) is 2.69. The molecule has 0 aliphatic heterocycles. The normalized spacial score (nSPS) is 11.1. The Kier molecular flexibility index (Phi) is 10.2. The zero-order chi connectivity index (χ0) is 19.3. The number of rotatable bonds is 13. The fourth-order valence-electron chi connectivity index (χ4n) is 3.64. The van der Waals surface area contributed by atoms with Crippen molar-refractivity contribution in [2.45, 2.75) is 90.9 Å². The molecule has 0 heterocycles. The quantitative estimate of drug-likeness (QED) is 0.311. The molecule has 0 amide bonds. The van der Waals surface area contributed by atoms with Crippen molar-refractivity contribution >= 4 is 0 Å². The standard InChI is InChI=1S/C26H37F/c1-3-5-7-8-9-10-11-12-14-22-15-18-24(19-16-22)25-20-17-23(13-6-4-2)21-26(25)27/h15-21H,3-14H2,1-2H3. The van der Waals surface area contributed by atoms with Crippen molar-refractivity contribution in [3.05, 3.63) is 59.4 Å². The van der Waals surface area contributed by atoms with Gasteiger partial charge in [0.15, 0.2) is 0 Å². The fourth-order valence-corrected chi connectivity index (χ4v) is 3.64. The van der Waals surface area contributed by atoms with Crippen LogP contribution in [0, 0.1) is 5.82 Å². The van der Waals surface area contributed by atoms with Crippen LogP contribution < -0.4 is 0 Å². The van der Waals surface area contributed by atoms with Crippen LogP contribution in [0.25, 0.3) is 11.1 Å². The monoisotopic (exact) mass is 368 g/mol. The third-order valence-electron chi connectivity index (χ3n) is 5.44. The number of hydrogen-bond donors (Lipinski definition) is 0. The molecule has 0 nitrogen and oxygen atoms in total. The Morgan fingerprint density at radius 1 is 0.593 bits per heavy atom. The Balaban J connectivity index is 1.78. The molecule has 0 saturated heterocycles. The highest BCUT2D eigenvalue weighted by Crippen LogP contribution is 2.25. The molecule has 2 aromatic carbocycles. The second-order valence-corrected chi connectivity index (χ2v) is 7.84. The third kappa shape index (κ3) is 7.87. The van der Waals surface area contributed by atoms with Gasteiger partial charge in [0.2, 0.25) is 0 Å². The largest absolute Gasteiger partial charge is 0.206 e. The Hall–Kier alpha value is -1.63. The van der Waals surface area contributed by atoms with Crippen LogP contribution in [0.2, 0.25) is 0 Å². The van der Waals surface area contributed by atoms with Gasteiger partial charge in [-0.3, -0.25) is 0 Å². The smallest absolute Gasteiger partial charge is 0.131 e. The van der Waals surface area contributed by atoms with E-state index in [1.807, 2.05) is 6.07 Å². The maximum Gasteiger partial charge on any atom is 0.131 e. The Morgan fingerprint density at radius 3 is 1.78 bits per heavy atom. The molecule has 0 aromatic heterocycles. The molecule has 0 unspecified atom stereocenters. The van der Waals surface area contributed by atoms with Crippen molar-refractivity contribution in [3.8, 4) is 11.1 Å². The molecule has 0 radical (unpaired) electrons. The lowest BCUT2D eigenvalue weighted by atomic mass is 9.98. The van der Waals surface area contributed by atoms with Crippen LogP contribution >= 0.6 is 0 Å². The molecule has 0 spiro atoms. The molecule has 2 rings (SSSR count). The van der Waals surface area contributed by atoms with Gasteiger partial charge in [0, 0.05) is 5.56 Å². The molecule has 0 aliphatic rings. The van der Waals surface area contributed by atoms with Crippen LogP contribution in [0.3, 0.4) is 0 Å². The van der Waals surface area contributed by atoms with Gasteiger partial charge < -0.3 is 0 Å². The summed E-state index contributed by atoms with van der Waals surface area (Å²) in [6.45, 7) is 4.43. The molecule has 2 aromatic rings. The summed E-state index contributed by atoms with van der Waals surface area (Å²) in [4.78, 5) is 0. The minimum atomic E-state index is -0.0978.